The first kappa shape index (κ1) is 14.3. The second kappa shape index (κ2) is 6.86. The highest BCUT2D eigenvalue weighted by atomic mass is 16.5. The third-order valence-electron chi connectivity index (χ3n) is 2.96. The fourth-order valence-electron chi connectivity index (χ4n) is 1.87. The van der Waals surface area contributed by atoms with Gasteiger partial charge in [0.2, 0.25) is 0 Å². The number of nitrogens with one attached hydrogen (secondary N) is 1. The maximum Gasteiger partial charge on any atom is 0.252 e. The van der Waals surface area contributed by atoms with Crippen LogP contribution in [0.25, 0.3) is 10.9 Å². The second-order valence-corrected chi connectivity index (χ2v) is 4.38. The van der Waals surface area contributed by atoms with Gasteiger partial charge in [0.05, 0.1) is 18.2 Å². The highest BCUT2D eigenvalue weighted by Crippen LogP contribution is 2.19. The Morgan fingerprint density at radius 2 is 2.15 bits per heavy atom. The summed E-state index contributed by atoms with van der Waals surface area (Å²) in [5, 5.41) is 3.75. The number of fused-ring (bicyclic) bond motifs is 1. The number of amides is 1. The first-order valence-corrected chi connectivity index (χ1v) is 6.45. The van der Waals surface area contributed by atoms with Crippen LogP contribution in [0.3, 0.4) is 0 Å². The van der Waals surface area contributed by atoms with Crippen molar-refractivity contribution in [3.8, 4) is 5.75 Å². The predicted octanol–water partition coefficient (Wildman–Crippen LogP) is 2.01. The summed E-state index contributed by atoms with van der Waals surface area (Å²) in [5.74, 6) is 0.632. The van der Waals surface area contributed by atoms with Crippen LogP contribution < -0.4 is 10.1 Å². The van der Waals surface area contributed by atoms with Gasteiger partial charge < -0.3 is 14.8 Å². The number of benzene rings is 1. The van der Waals surface area contributed by atoms with Gasteiger partial charge in [-0.05, 0) is 24.6 Å². The minimum Gasteiger partial charge on any atom is -0.497 e. The molecule has 0 radical (unpaired) electrons. The third kappa shape index (κ3) is 3.45. The molecule has 0 saturated carbocycles. The lowest BCUT2D eigenvalue weighted by molar-refractivity contribution is 0.0948. The summed E-state index contributed by atoms with van der Waals surface area (Å²) in [7, 11) is 3.26. The van der Waals surface area contributed by atoms with E-state index in [-0.39, 0.29) is 5.91 Å². The van der Waals surface area contributed by atoms with Gasteiger partial charge in [0.25, 0.3) is 5.91 Å². The fourth-order valence-corrected chi connectivity index (χ4v) is 1.87. The van der Waals surface area contributed by atoms with E-state index in [2.05, 4.69) is 10.3 Å². The lowest BCUT2D eigenvalue weighted by Crippen LogP contribution is -2.25. The molecule has 1 N–H and O–H groups in total. The van der Waals surface area contributed by atoms with Crippen molar-refractivity contribution >= 4 is 16.8 Å². The molecule has 2 rings (SSSR count). The van der Waals surface area contributed by atoms with Crippen molar-refractivity contribution in [3.05, 3.63) is 36.0 Å². The number of methoxy groups -OCH3 is 2. The largest absolute Gasteiger partial charge is 0.497 e. The lowest BCUT2D eigenvalue weighted by Gasteiger charge is -2.06. The van der Waals surface area contributed by atoms with E-state index in [1.54, 1.807) is 20.4 Å². The maximum atomic E-state index is 12.0. The van der Waals surface area contributed by atoms with Crippen LogP contribution in [-0.4, -0.2) is 38.3 Å². The number of rotatable bonds is 6. The molecule has 0 unspecified atom stereocenters. The molecule has 5 nitrogen and oxygen atoms in total. The summed E-state index contributed by atoms with van der Waals surface area (Å²) < 4.78 is 10.1. The van der Waals surface area contributed by atoms with E-state index in [4.69, 9.17) is 9.47 Å². The zero-order valence-corrected chi connectivity index (χ0v) is 11.7. The predicted molar refractivity (Wildman–Crippen MR) is 77.1 cm³/mol. The number of carbonyl (C=O) groups excluding carboxylic acids is 1. The first-order chi connectivity index (χ1) is 9.74. The molecule has 5 heteroatoms. The molecule has 1 heterocycles. The van der Waals surface area contributed by atoms with E-state index in [1.165, 1.54) is 0 Å². The van der Waals surface area contributed by atoms with Crippen molar-refractivity contribution in [2.24, 2.45) is 0 Å². The van der Waals surface area contributed by atoms with Crippen molar-refractivity contribution < 1.29 is 14.3 Å². The Labute approximate surface area is 117 Å². The van der Waals surface area contributed by atoms with E-state index in [0.29, 0.717) is 18.7 Å². The van der Waals surface area contributed by atoms with Gasteiger partial charge in [-0.3, -0.25) is 9.78 Å². The van der Waals surface area contributed by atoms with Crippen LogP contribution >= 0.6 is 0 Å². The fraction of sp³-hybridized carbons (Fsp3) is 0.333. The van der Waals surface area contributed by atoms with Crippen molar-refractivity contribution in [1.82, 2.24) is 10.3 Å². The summed E-state index contributed by atoms with van der Waals surface area (Å²) in [5.41, 5.74) is 1.36. The number of hydrogen-bond acceptors (Lipinski definition) is 4. The minimum atomic E-state index is -0.119. The number of carbonyl (C=O) groups is 1. The van der Waals surface area contributed by atoms with Crippen molar-refractivity contribution in [1.29, 1.82) is 0 Å². The van der Waals surface area contributed by atoms with Gasteiger partial charge in [0.15, 0.2) is 0 Å². The summed E-state index contributed by atoms with van der Waals surface area (Å²) in [6, 6.07) is 7.41. The van der Waals surface area contributed by atoms with Crippen LogP contribution in [0.15, 0.2) is 30.5 Å². The Kier molecular flexibility index (Phi) is 4.90. The number of aromatic nitrogens is 1. The lowest BCUT2D eigenvalue weighted by atomic mass is 10.1. The molecule has 1 aromatic heterocycles. The average Bonchev–Trinajstić information content (AvgIpc) is 2.50. The van der Waals surface area contributed by atoms with Crippen molar-refractivity contribution in [2.75, 3.05) is 27.4 Å². The molecule has 0 atom stereocenters. The van der Waals surface area contributed by atoms with E-state index < -0.39 is 0 Å². The van der Waals surface area contributed by atoms with Gasteiger partial charge >= 0.3 is 0 Å². The topological polar surface area (TPSA) is 60.5 Å². The average molecular weight is 274 g/mol. The van der Waals surface area contributed by atoms with E-state index in [0.717, 1.165) is 23.1 Å². The normalized spacial score (nSPS) is 10.5. The molecule has 1 amide bonds. The Morgan fingerprint density at radius 1 is 1.30 bits per heavy atom. The molecule has 0 aliphatic heterocycles. The molecule has 2 aromatic rings. The van der Waals surface area contributed by atoms with Crippen LogP contribution in [-0.2, 0) is 4.74 Å². The number of hydrogen-bond donors (Lipinski definition) is 1. The van der Waals surface area contributed by atoms with E-state index in [9.17, 15) is 4.79 Å². The van der Waals surface area contributed by atoms with Crippen LogP contribution in [0, 0.1) is 0 Å². The van der Waals surface area contributed by atoms with E-state index in [1.807, 2.05) is 24.3 Å². The maximum absolute atomic E-state index is 12.0. The van der Waals surface area contributed by atoms with Crippen molar-refractivity contribution in [3.63, 3.8) is 0 Å². The van der Waals surface area contributed by atoms with Crippen molar-refractivity contribution in [2.45, 2.75) is 6.42 Å². The number of pyridine rings is 1. The highest BCUT2D eigenvalue weighted by Gasteiger charge is 2.07. The smallest absolute Gasteiger partial charge is 0.252 e. The molecule has 0 aliphatic carbocycles. The standard InChI is InChI=1S/C15H18N2O3/c1-19-7-3-6-16-15(18)12-8-11-4-5-13(20-2)9-14(11)17-10-12/h4-5,8-10H,3,6-7H2,1-2H3,(H,16,18). The molecule has 0 fully saturated rings. The SMILES string of the molecule is COCCCNC(=O)c1cnc2cc(OC)ccc2c1. The van der Waals surface area contributed by atoms with Gasteiger partial charge in [-0.15, -0.1) is 0 Å². The number of nitrogens with zero attached hydrogens (tertiary/aromatic N) is 1. The zero-order chi connectivity index (χ0) is 14.4. The Balaban J connectivity index is 2.09. The van der Waals surface area contributed by atoms with Crippen LogP contribution in [0.4, 0.5) is 0 Å². The Bertz CT molecular complexity index is 599. The van der Waals surface area contributed by atoms with E-state index >= 15 is 0 Å². The summed E-state index contributed by atoms with van der Waals surface area (Å²) in [6.07, 6.45) is 2.37. The molecular weight excluding hydrogens is 256 g/mol. The Hall–Kier alpha value is -2.14. The summed E-state index contributed by atoms with van der Waals surface area (Å²) in [4.78, 5) is 16.2. The number of ether oxygens (including phenoxy) is 2. The molecule has 1 aromatic carbocycles. The monoisotopic (exact) mass is 274 g/mol. The van der Waals surface area contributed by atoms with Crippen LogP contribution in [0.5, 0.6) is 5.75 Å². The summed E-state index contributed by atoms with van der Waals surface area (Å²) >= 11 is 0. The highest BCUT2D eigenvalue weighted by molar-refractivity contribution is 5.97. The van der Waals surface area contributed by atoms with Crippen LogP contribution in [0.1, 0.15) is 16.8 Å². The molecule has 106 valence electrons. The quantitative estimate of drug-likeness (QED) is 0.819. The second-order valence-electron chi connectivity index (χ2n) is 4.38. The molecule has 0 spiro atoms. The third-order valence-corrected chi connectivity index (χ3v) is 2.96. The van der Waals surface area contributed by atoms with Gasteiger partial charge in [0, 0.05) is 37.9 Å². The molecular formula is C15H18N2O3. The van der Waals surface area contributed by atoms with Gasteiger partial charge in [-0.25, -0.2) is 0 Å². The van der Waals surface area contributed by atoms with Gasteiger partial charge in [-0.2, -0.15) is 0 Å². The minimum absolute atomic E-state index is 0.119. The molecule has 20 heavy (non-hydrogen) atoms. The van der Waals surface area contributed by atoms with Gasteiger partial charge in [0.1, 0.15) is 5.75 Å². The van der Waals surface area contributed by atoms with Gasteiger partial charge in [-0.1, -0.05) is 0 Å². The summed E-state index contributed by atoms with van der Waals surface area (Å²) in [6.45, 7) is 1.23. The molecule has 0 bridgehead atoms. The zero-order valence-electron chi connectivity index (χ0n) is 11.7. The first-order valence-electron chi connectivity index (χ1n) is 6.45. The molecule has 0 aliphatic rings. The Morgan fingerprint density at radius 3 is 2.90 bits per heavy atom. The van der Waals surface area contributed by atoms with Crippen LogP contribution in [0.2, 0.25) is 0 Å². The molecule has 0 saturated heterocycles.